The zero-order valence-corrected chi connectivity index (χ0v) is 14.0. The molecule has 132 valence electrons. The topological polar surface area (TPSA) is 78.8 Å². The molecule has 2 aromatic carbocycles. The van der Waals surface area contributed by atoms with Crippen molar-refractivity contribution in [1.29, 1.82) is 0 Å². The van der Waals surface area contributed by atoms with Gasteiger partial charge in [-0.3, -0.25) is 0 Å². The summed E-state index contributed by atoms with van der Waals surface area (Å²) in [6, 6.07) is 16.2. The van der Waals surface area contributed by atoms with Crippen molar-refractivity contribution in [3.05, 3.63) is 65.7 Å². The van der Waals surface area contributed by atoms with Gasteiger partial charge in [0.05, 0.1) is 0 Å². The Balaban J connectivity index is 1.72. The van der Waals surface area contributed by atoms with E-state index in [4.69, 9.17) is 4.74 Å². The van der Waals surface area contributed by atoms with E-state index in [1.54, 1.807) is 12.1 Å². The molecule has 25 heavy (non-hydrogen) atoms. The second kappa shape index (κ2) is 7.68. The maximum Gasteiger partial charge on any atom is 0.336 e. The number of phenols is 1. The quantitative estimate of drug-likeness (QED) is 0.726. The van der Waals surface area contributed by atoms with Gasteiger partial charge in [-0.05, 0) is 36.3 Å². The van der Waals surface area contributed by atoms with Gasteiger partial charge in [-0.2, -0.15) is 0 Å². The Kier molecular flexibility index (Phi) is 5.36. The standard InChI is InChI=1S/C20H23NO4/c22-17-8-6-15(7-9-17)14-18(23)19(24)25-20(10-12-21-13-11-20)16-4-2-1-3-5-16/h1-9,18,21-23H,10-14H2. The summed E-state index contributed by atoms with van der Waals surface area (Å²) in [4.78, 5) is 12.5. The van der Waals surface area contributed by atoms with Gasteiger partial charge >= 0.3 is 5.97 Å². The smallest absolute Gasteiger partial charge is 0.336 e. The summed E-state index contributed by atoms with van der Waals surface area (Å²) in [5, 5.41) is 22.9. The number of piperidine rings is 1. The third-order valence-corrected chi connectivity index (χ3v) is 4.64. The van der Waals surface area contributed by atoms with E-state index < -0.39 is 17.7 Å². The second-order valence-electron chi connectivity index (χ2n) is 6.42. The van der Waals surface area contributed by atoms with Crippen LogP contribution in [0.1, 0.15) is 24.0 Å². The lowest BCUT2D eigenvalue weighted by atomic mass is 9.84. The summed E-state index contributed by atoms with van der Waals surface area (Å²) in [6.45, 7) is 1.52. The highest BCUT2D eigenvalue weighted by Crippen LogP contribution is 2.35. The lowest BCUT2D eigenvalue weighted by molar-refractivity contribution is -0.174. The molecule has 1 aliphatic rings. The van der Waals surface area contributed by atoms with Crippen molar-refractivity contribution in [1.82, 2.24) is 5.32 Å². The minimum Gasteiger partial charge on any atom is -0.508 e. The number of aliphatic hydroxyl groups is 1. The van der Waals surface area contributed by atoms with E-state index in [0.29, 0.717) is 12.8 Å². The first-order valence-electron chi connectivity index (χ1n) is 8.54. The molecule has 0 amide bonds. The van der Waals surface area contributed by atoms with E-state index in [1.165, 1.54) is 12.1 Å². The average Bonchev–Trinajstić information content (AvgIpc) is 2.65. The van der Waals surface area contributed by atoms with Crippen molar-refractivity contribution in [2.24, 2.45) is 0 Å². The van der Waals surface area contributed by atoms with Crippen LogP contribution in [-0.4, -0.2) is 35.4 Å². The molecule has 0 aliphatic carbocycles. The molecule has 1 unspecified atom stereocenters. The Morgan fingerprint density at radius 1 is 1.08 bits per heavy atom. The molecular formula is C20H23NO4. The number of rotatable bonds is 5. The molecule has 0 bridgehead atoms. The molecule has 3 rings (SSSR count). The Morgan fingerprint density at radius 2 is 1.72 bits per heavy atom. The number of carbonyl (C=O) groups is 1. The van der Waals surface area contributed by atoms with Crippen LogP contribution in [-0.2, 0) is 21.6 Å². The SMILES string of the molecule is O=C(OC1(c2ccccc2)CCNCC1)C(O)Cc1ccc(O)cc1. The van der Waals surface area contributed by atoms with Crippen LogP contribution in [0.5, 0.6) is 5.75 Å². The predicted octanol–water partition coefficient (Wildman–Crippen LogP) is 2.12. The van der Waals surface area contributed by atoms with Crippen LogP contribution in [0.25, 0.3) is 0 Å². The first-order valence-corrected chi connectivity index (χ1v) is 8.54. The molecule has 5 nitrogen and oxygen atoms in total. The molecule has 2 aromatic rings. The third kappa shape index (κ3) is 4.18. The molecule has 1 fully saturated rings. The Labute approximate surface area is 147 Å². The summed E-state index contributed by atoms with van der Waals surface area (Å²) < 4.78 is 5.84. The molecule has 1 heterocycles. The van der Waals surface area contributed by atoms with Gasteiger partial charge < -0.3 is 20.3 Å². The van der Waals surface area contributed by atoms with Crippen LogP contribution in [0.3, 0.4) is 0 Å². The Hall–Kier alpha value is -2.37. The van der Waals surface area contributed by atoms with Crippen molar-refractivity contribution in [2.45, 2.75) is 31.0 Å². The van der Waals surface area contributed by atoms with Crippen LogP contribution < -0.4 is 5.32 Å². The number of aliphatic hydroxyl groups excluding tert-OH is 1. The predicted molar refractivity (Wildman–Crippen MR) is 94.1 cm³/mol. The van der Waals surface area contributed by atoms with Crippen LogP contribution >= 0.6 is 0 Å². The van der Waals surface area contributed by atoms with Crippen LogP contribution in [0.15, 0.2) is 54.6 Å². The molecule has 1 atom stereocenters. The number of hydrogen-bond acceptors (Lipinski definition) is 5. The summed E-state index contributed by atoms with van der Waals surface area (Å²) in [5.74, 6) is -0.461. The van der Waals surface area contributed by atoms with Crippen molar-refractivity contribution >= 4 is 5.97 Å². The Bertz CT molecular complexity index is 693. The van der Waals surface area contributed by atoms with Crippen LogP contribution in [0.2, 0.25) is 0 Å². The molecule has 0 saturated carbocycles. The van der Waals surface area contributed by atoms with Gasteiger partial charge in [0.2, 0.25) is 0 Å². The maximum atomic E-state index is 12.5. The zero-order valence-electron chi connectivity index (χ0n) is 14.0. The number of benzene rings is 2. The molecule has 3 N–H and O–H groups in total. The van der Waals surface area contributed by atoms with Gasteiger partial charge in [0.15, 0.2) is 6.10 Å². The van der Waals surface area contributed by atoms with E-state index in [9.17, 15) is 15.0 Å². The summed E-state index contributed by atoms with van der Waals surface area (Å²) in [7, 11) is 0. The fourth-order valence-electron chi connectivity index (χ4n) is 3.22. The van der Waals surface area contributed by atoms with Crippen LogP contribution in [0, 0.1) is 0 Å². The van der Waals surface area contributed by atoms with Crippen molar-refractivity contribution in [2.75, 3.05) is 13.1 Å². The van der Waals surface area contributed by atoms with E-state index in [1.807, 2.05) is 30.3 Å². The minimum atomic E-state index is -1.24. The number of aromatic hydroxyl groups is 1. The number of carbonyl (C=O) groups excluding carboxylic acids is 1. The monoisotopic (exact) mass is 341 g/mol. The Morgan fingerprint density at radius 3 is 2.36 bits per heavy atom. The lowest BCUT2D eigenvalue weighted by Crippen LogP contribution is -2.45. The van der Waals surface area contributed by atoms with Gasteiger partial charge in [-0.25, -0.2) is 4.79 Å². The highest BCUT2D eigenvalue weighted by molar-refractivity contribution is 5.75. The van der Waals surface area contributed by atoms with Gasteiger partial charge in [0.1, 0.15) is 11.4 Å². The second-order valence-corrected chi connectivity index (χ2v) is 6.42. The molecular weight excluding hydrogens is 318 g/mol. The first-order chi connectivity index (χ1) is 12.1. The van der Waals surface area contributed by atoms with Crippen LogP contribution in [0.4, 0.5) is 0 Å². The number of phenolic OH excluding ortho intramolecular Hbond substituents is 1. The van der Waals surface area contributed by atoms with Crippen molar-refractivity contribution in [3.63, 3.8) is 0 Å². The largest absolute Gasteiger partial charge is 0.508 e. The fraction of sp³-hybridized carbons (Fsp3) is 0.350. The molecule has 0 spiro atoms. The van der Waals surface area contributed by atoms with E-state index in [-0.39, 0.29) is 12.2 Å². The van der Waals surface area contributed by atoms with Gasteiger partial charge in [0.25, 0.3) is 0 Å². The first kappa shape index (κ1) is 17.5. The van der Waals surface area contributed by atoms with Gasteiger partial charge in [0, 0.05) is 19.3 Å². The van der Waals surface area contributed by atoms with Gasteiger partial charge in [-0.1, -0.05) is 42.5 Å². The normalized spacial score (nSPS) is 17.6. The number of ether oxygens (including phenoxy) is 1. The zero-order chi connectivity index (χ0) is 17.7. The van der Waals surface area contributed by atoms with Crippen molar-refractivity contribution in [3.8, 4) is 5.75 Å². The molecule has 0 radical (unpaired) electrons. The van der Waals surface area contributed by atoms with E-state index in [2.05, 4.69) is 5.32 Å². The number of esters is 1. The maximum absolute atomic E-state index is 12.5. The number of hydrogen-bond donors (Lipinski definition) is 3. The minimum absolute atomic E-state index is 0.151. The van der Waals surface area contributed by atoms with E-state index in [0.717, 1.165) is 24.2 Å². The summed E-state index contributed by atoms with van der Waals surface area (Å²) >= 11 is 0. The highest BCUT2D eigenvalue weighted by atomic mass is 16.6. The number of nitrogens with one attached hydrogen (secondary N) is 1. The third-order valence-electron chi connectivity index (χ3n) is 4.64. The molecule has 1 saturated heterocycles. The van der Waals surface area contributed by atoms with Gasteiger partial charge in [-0.15, -0.1) is 0 Å². The lowest BCUT2D eigenvalue weighted by Gasteiger charge is -2.38. The molecule has 0 aromatic heterocycles. The summed E-state index contributed by atoms with van der Waals surface area (Å²) in [6.07, 6.45) is 0.269. The highest BCUT2D eigenvalue weighted by Gasteiger charge is 2.39. The molecule has 1 aliphatic heterocycles. The van der Waals surface area contributed by atoms with E-state index >= 15 is 0 Å². The van der Waals surface area contributed by atoms with Crippen molar-refractivity contribution < 1.29 is 19.7 Å². The fourth-order valence-corrected chi connectivity index (χ4v) is 3.22. The average molecular weight is 341 g/mol. The molecule has 5 heteroatoms. The summed E-state index contributed by atoms with van der Waals surface area (Å²) in [5.41, 5.74) is 1.03.